The Kier molecular flexibility index (Phi) is 3.97. The van der Waals surface area contributed by atoms with Crippen LogP contribution in [-0.2, 0) is 0 Å². The average molecular weight is 289 g/mol. The Labute approximate surface area is 128 Å². The minimum atomic E-state index is -0.0392. The van der Waals surface area contributed by atoms with Gasteiger partial charge in [0.1, 0.15) is 5.75 Å². The normalized spacial score (nSPS) is 11.0. The second-order valence-electron chi connectivity index (χ2n) is 4.84. The van der Waals surface area contributed by atoms with Crippen molar-refractivity contribution >= 4 is 22.6 Å². The van der Waals surface area contributed by atoms with Gasteiger partial charge in [0.25, 0.3) is 0 Å². The fourth-order valence-corrected chi connectivity index (χ4v) is 2.40. The molecule has 0 atom stereocenters. The van der Waals surface area contributed by atoms with E-state index in [4.69, 9.17) is 4.74 Å². The summed E-state index contributed by atoms with van der Waals surface area (Å²) in [6, 6.07) is 15.1. The molecule has 1 aromatic heterocycles. The van der Waals surface area contributed by atoms with Gasteiger partial charge in [-0.1, -0.05) is 30.3 Å². The van der Waals surface area contributed by atoms with E-state index in [0.29, 0.717) is 5.56 Å². The van der Waals surface area contributed by atoms with E-state index in [1.807, 2.05) is 42.5 Å². The number of hydrogen-bond donors (Lipinski definition) is 0. The maximum Gasteiger partial charge on any atom is 0.186 e. The second-order valence-corrected chi connectivity index (χ2v) is 4.84. The number of carbonyl (C=O) groups is 1. The molecule has 3 nitrogen and oxygen atoms in total. The summed E-state index contributed by atoms with van der Waals surface area (Å²) >= 11 is 0. The van der Waals surface area contributed by atoms with E-state index in [1.165, 1.54) is 0 Å². The number of carbonyl (C=O) groups excluding carboxylic acids is 1. The van der Waals surface area contributed by atoms with Crippen molar-refractivity contribution in [3.8, 4) is 5.75 Å². The maximum atomic E-state index is 12.5. The van der Waals surface area contributed by atoms with Crippen LogP contribution >= 0.6 is 0 Å². The molecule has 2 aromatic carbocycles. The summed E-state index contributed by atoms with van der Waals surface area (Å²) < 4.78 is 5.35. The first-order valence-corrected chi connectivity index (χ1v) is 6.98. The van der Waals surface area contributed by atoms with E-state index >= 15 is 0 Å². The molecule has 0 amide bonds. The number of hydrogen-bond acceptors (Lipinski definition) is 3. The third-order valence-corrected chi connectivity index (χ3v) is 3.48. The summed E-state index contributed by atoms with van der Waals surface area (Å²) in [4.78, 5) is 16.5. The monoisotopic (exact) mass is 289 g/mol. The Hall–Kier alpha value is -2.94. The van der Waals surface area contributed by atoms with Crippen LogP contribution in [0.25, 0.3) is 16.8 Å². The van der Waals surface area contributed by atoms with Crippen LogP contribution < -0.4 is 4.74 Å². The number of rotatable bonds is 4. The predicted molar refractivity (Wildman–Crippen MR) is 88.1 cm³/mol. The molecule has 0 aliphatic carbocycles. The van der Waals surface area contributed by atoms with Crippen LogP contribution in [0.15, 0.2) is 67.0 Å². The predicted octanol–water partition coefficient (Wildman–Crippen LogP) is 4.14. The van der Waals surface area contributed by atoms with Crippen LogP contribution in [0, 0.1) is 0 Å². The number of ketones is 1. The van der Waals surface area contributed by atoms with Gasteiger partial charge in [-0.2, -0.15) is 0 Å². The molecule has 3 heteroatoms. The molecule has 3 aromatic rings. The Bertz CT molecular complexity index is 838. The Balaban J connectivity index is 2.00. The largest absolute Gasteiger partial charge is 0.496 e. The molecular weight excluding hydrogens is 274 g/mol. The Morgan fingerprint density at radius 2 is 1.86 bits per heavy atom. The van der Waals surface area contributed by atoms with Gasteiger partial charge < -0.3 is 4.74 Å². The van der Waals surface area contributed by atoms with Gasteiger partial charge in [0, 0.05) is 23.3 Å². The van der Waals surface area contributed by atoms with Crippen molar-refractivity contribution in [1.82, 2.24) is 4.98 Å². The molecule has 22 heavy (non-hydrogen) atoms. The fraction of sp³-hybridized carbons (Fsp3) is 0.0526. The number of benzene rings is 2. The number of fused-ring (bicyclic) bond motifs is 1. The highest BCUT2D eigenvalue weighted by Gasteiger charge is 2.10. The molecule has 0 saturated heterocycles. The minimum absolute atomic E-state index is 0.0392. The Morgan fingerprint density at radius 1 is 1.05 bits per heavy atom. The van der Waals surface area contributed by atoms with E-state index in [-0.39, 0.29) is 5.78 Å². The highest BCUT2D eigenvalue weighted by molar-refractivity contribution is 6.15. The van der Waals surface area contributed by atoms with Gasteiger partial charge in [0.15, 0.2) is 5.78 Å². The van der Waals surface area contributed by atoms with Gasteiger partial charge in [-0.25, -0.2) is 0 Å². The first-order valence-electron chi connectivity index (χ1n) is 6.98. The molecule has 0 bridgehead atoms. The SMILES string of the molecule is COc1ccc(C(=O)/C=C/c2cccnc2)c2ccccc12. The molecule has 0 N–H and O–H groups in total. The van der Waals surface area contributed by atoms with Gasteiger partial charge in [0.2, 0.25) is 0 Å². The number of methoxy groups -OCH3 is 1. The molecule has 0 saturated carbocycles. The lowest BCUT2D eigenvalue weighted by atomic mass is 10.00. The summed E-state index contributed by atoms with van der Waals surface area (Å²) in [5.41, 5.74) is 1.56. The Morgan fingerprint density at radius 3 is 2.59 bits per heavy atom. The van der Waals surface area contributed by atoms with Crippen LogP contribution in [0.2, 0.25) is 0 Å². The van der Waals surface area contributed by atoms with Gasteiger partial charge in [-0.15, -0.1) is 0 Å². The maximum absolute atomic E-state index is 12.5. The van der Waals surface area contributed by atoms with E-state index in [9.17, 15) is 4.79 Å². The molecule has 0 aliphatic heterocycles. The zero-order valence-corrected chi connectivity index (χ0v) is 12.2. The number of nitrogens with zero attached hydrogens (tertiary/aromatic N) is 1. The van der Waals surface area contributed by atoms with Crippen molar-refractivity contribution in [2.24, 2.45) is 0 Å². The molecule has 0 unspecified atom stereocenters. The van der Waals surface area contributed by atoms with Crippen LogP contribution in [0.1, 0.15) is 15.9 Å². The van der Waals surface area contributed by atoms with Crippen molar-refractivity contribution in [2.45, 2.75) is 0 Å². The van der Waals surface area contributed by atoms with Crippen LogP contribution in [0.5, 0.6) is 5.75 Å². The highest BCUT2D eigenvalue weighted by atomic mass is 16.5. The van der Waals surface area contributed by atoms with Crippen molar-refractivity contribution in [1.29, 1.82) is 0 Å². The lowest BCUT2D eigenvalue weighted by Crippen LogP contribution is -1.97. The molecule has 0 spiro atoms. The van der Waals surface area contributed by atoms with Crippen LogP contribution in [0.3, 0.4) is 0 Å². The highest BCUT2D eigenvalue weighted by Crippen LogP contribution is 2.28. The van der Waals surface area contributed by atoms with Gasteiger partial charge >= 0.3 is 0 Å². The van der Waals surface area contributed by atoms with E-state index in [0.717, 1.165) is 22.1 Å². The smallest absolute Gasteiger partial charge is 0.186 e. The first kappa shape index (κ1) is 14.0. The molecule has 0 fully saturated rings. The molecular formula is C19H15NO2. The summed E-state index contributed by atoms with van der Waals surface area (Å²) in [7, 11) is 1.63. The molecule has 0 aliphatic rings. The standard InChI is InChI=1S/C19H15NO2/c1-22-19-11-9-16(15-6-2-3-7-17(15)19)18(21)10-8-14-5-4-12-20-13-14/h2-13H,1H3/b10-8+. The lowest BCUT2D eigenvalue weighted by Gasteiger charge is -2.08. The number of ether oxygens (including phenoxy) is 1. The lowest BCUT2D eigenvalue weighted by molar-refractivity contribution is 0.104. The van der Waals surface area contributed by atoms with Gasteiger partial charge in [-0.05, 0) is 41.3 Å². The summed E-state index contributed by atoms with van der Waals surface area (Å²) in [6.07, 6.45) is 6.77. The molecule has 108 valence electrons. The molecule has 3 rings (SSSR count). The summed E-state index contributed by atoms with van der Waals surface area (Å²) in [6.45, 7) is 0. The fourth-order valence-electron chi connectivity index (χ4n) is 2.40. The van der Waals surface area contributed by atoms with Gasteiger partial charge in [0.05, 0.1) is 7.11 Å². The summed E-state index contributed by atoms with van der Waals surface area (Å²) in [5, 5.41) is 1.83. The number of pyridine rings is 1. The van der Waals surface area contributed by atoms with Crippen molar-refractivity contribution < 1.29 is 9.53 Å². The van der Waals surface area contributed by atoms with Gasteiger partial charge in [-0.3, -0.25) is 9.78 Å². The van der Waals surface area contributed by atoms with Crippen molar-refractivity contribution in [3.05, 3.63) is 78.1 Å². The third kappa shape index (κ3) is 2.74. The number of allylic oxidation sites excluding steroid dienone is 1. The topological polar surface area (TPSA) is 39.2 Å². The molecule has 1 heterocycles. The van der Waals surface area contributed by atoms with E-state index in [1.54, 1.807) is 37.7 Å². The zero-order chi connectivity index (χ0) is 15.4. The van der Waals surface area contributed by atoms with Crippen LogP contribution in [0.4, 0.5) is 0 Å². The molecule has 0 radical (unpaired) electrons. The number of aromatic nitrogens is 1. The van der Waals surface area contributed by atoms with Crippen molar-refractivity contribution in [3.63, 3.8) is 0 Å². The minimum Gasteiger partial charge on any atom is -0.496 e. The van der Waals surface area contributed by atoms with Crippen molar-refractivity contribution in [2.75, 3.05) is 7.11 Å². The average Bonchev–Trinajstić information content (AvgIpc) is 2.59. The third-order valence-electron chi connectivity index (χ3n) is 3.48. The summed E-state index contributed by atoms with van der Waals surface area (Å²) in [5.74, 6) is 0.728. The first-order chi connectivity index (χ1) is 10.8. The second kappa shape index (κ2) is 6.22. The van der Waals surface area contributed by atoms with Crippen LogP contribution in [-0.4, -0.2) is 17.9 Å². The quantitative estimate of drug-likeness (QED) is 0.535. The van der Waals surface area contributed by atoms with E-state index in [2.05, 4.69) is 4.98 Å². The zero-order valence-electron chi connectivity index (χ0n) is 12.2. The van der Waals surface area contributed by atoms with E-state index < -0.39 is 0 Å².